The Morgan fingerprint density at radius 1 is 1.36 bits per heavy atom. The van der Waals surface area contributed by atoms with Crippen molar-refractivity contribution in [3.8, 4) is 5.75 Å². The van der Waals surface area contributed by atoms with Gasteiger partial charge in [0.2, 0.25) is 5.91 Å². The van der Waals surface area contributed by atoms with E-state index in [0.717, 1.165) is 29.5 Å². The highest BCUT2D eigenvalue weighted by Gasteiger charge is 2.22. The van der Waals surface area contributed by atoms with Crippen molar-refractivity contribution in [3.63, 3.8) is 0 Å². The molecule has 0 aliphatic heterocycles. The molecule has 0 saturated heterocycles. The monoisotopic (exact) mass is 415 g/mol. The normalized spacial score (nSPS) is 12.9. The number of hydrogen-bond donors (Lipinski definition) is 1. The number of carbonyl (C=O) groups is 1. The minimum atomic E-state index is -0.167. The summed E-state index contributed by atoms with van der Waals surface area (Å²) in [5.74, 6) is 0.640. The van der Waals surface area contributed by atoms with Crippen LogP contribution in [0.2, 0.25) is 0 Å². The molecule has 1 amide bonds. The van der Waals surface area contributed by atoms with Gasteiger partial charge in [0.1, 0.15) is 10.6 Å². The molecule has 3 aromatic rings. The van der Waals surface area contributed by atoms with Crippen molar-refractivity contribution < 1.29 is 9.53 Å². The molecule has 2 heterocycles. The first kappa shape index (κ1) is 19.0. The van der Waals surface area contributed by atoms with E-state index >= 15 is 0 Å². The second-order valence-corrected chi connectivity index (χ2v) is 8.59. The van der Waals surface area contributed by atoms with Crippen LogP contribution in [-0.2, 0) is 24.7 Å². The predicted molar refractivity (Wildman–Crippen MR) is 114 cm³/mol. The molecule has 1 N–H and O–H groups in total. The highest BCUT2D eigenvalue weighted by molar-refractivity contribution is 7.99. The van der Waals surface area contributed by atoms with Crippen LogP contribution in [0.4, 0.5) is 5.69 Å². The molecular formula is C20H21N3O3S2. The van der Waals surface area contributed by atoms with Crippen LogP contribution in [0, 0.1) is 0 Å². The molecule has 0 fully saturated rings. The van der Waals surface area contributed by atoms with E-state index < -0.39 is 0 Å². The number of rotatable bonds is 6. The number of anilines is 1. The van der Waals surface area contributed by atoms with Crippen LogP contribution in [0.3, 0.4) is 0 Å². The van der Waals surface area contributed by atoms with Crippen LogP contribution in [0.25, 0.3) is 10.2 Å². The van der Waals surface area contributed by atoms with Gasteiger partial charge in [-0.15, -0.1) is 11.3 Å². The highest BCUT2D eigenvalue weighted by Crippen LogP contribution is 2.35. The number of benzene rings is 1. The van der Waals surface area contributed by atoms with Gasteiger partial charge in [0, 0.05) is 11.9 Å². The number of hydrogen-bond acceptors (Lipinski definition) is 6. The van der Waals surface area contributed by atoms with E-state index in [4.69, 9.17) is 4.74 Å². The van der Waals surface area contributed by atoms with Gasteiger partial charge in [-0.25, -0.2) is 4.98 Å². The Morgan fingerprint density at radius 3 is 3.00 bits per heavy atom. The number of thioether (sulfide) groups is 1. The lowest BCUT2D eigenvalue weighted by atomic mass is 10.2. The second-order valence-electron chi connectivity index (χ2n) is 6.56. The number of aromatic nitrogens is 2. The van der Waals surface area contributed by atoms with E-state index in [2.05, 4.69) is 10.3 Å². The molecule has 8 heteroatoms. The maximum atomic E-state index is 12.8. The zero-order chi connectivity index (χ0) is 19.7. The number of ether oxygens (including phenoxy) is 1. The number of fused-ring (bicyclic) bond motifs is 3. The van der Waals surface area contributed by atoms with Crippen molar-refractivity contribution in [3.05, 3.63) is 45.1 Å². The van der Waals surface area contributed by atoms with Gasteiger partial charge in [0.15, 0.2) is 5.16 Å². The first-order chi connectivity index (χ1) is 13.6. The van der Waals surface area contributed by atoms with E-state index in [-0.39, 0.29) is 17.2 Å². The van der Waals surface area contributed by atoms with Crippen LogP contribution in [0.1, 0.15) is 23.8 Å². The largest absolute Gasteiger partial charge is 0.492 e. The predicted octanol–water partition coefficient (Wildman–Crippen LogP) is 3.61. The molecule has 1 aliphatic rings. The minimum Gasteiger partial charge on any atom is -0.492 e. The van der Waals surface area contributed by atoms with Crippen LogP contribution in [0.15, 0.2) is 34.2 Å². The average Bonchev–Trinajstić information content (AvgIpc) is 3.26. The molecule has 1 aromatic carbocycles. The smallest absolute Gasteiger partial charge is 0.262 e. The third kappa shape index (κ3) is 3.54. The van der Waals surface area contributed by atoms with E-state index in [1.54, 1.807) is 29.0 Å². The topological polar surface area (TPSA) is 73.2 Å². The zero-order valence-electron chi connectivity index (χ0n) is 15.8. The Morgan fingerprint density at radius 2 is 2.18 bits per heavy atom. The van der Waals surface area contributed by atoms with Crippen molar-refractivity contribution in [1.29, 1.82) is 0 Å². The number of para-hydroxylation sites is 2. The Hall–Kier alpha value is -2.32. The van der Waals surface area contributed by atoms with Gasteiger partial charge in [-0.3, -0.25) is 14.2 Å². The van der Waals surface area contributed by atoms with Gasteiger partial charge in [0.25, 0.3) is 5.56 Å². The van der Waals surface area contributed by atoms with Crippen molar-refractivity contribution in [2.24, 2.45) is 7.05 Å². The van der Waals surface area contributed by atoms with Gasteiger partial charge in [0.05, 0.1) is 23.4 Å². The first-order valence-electron chi connectivity index (χ1n) is 9.24. The summed E-state index contributed by atoms with van der Waals surface area (Å²) in [6.07, 6.45) is 3.10. The molecule has 0 spiro atoms. The lowest BCUT2D eigenvalue weighted by molar-refractivity contribution is -0.113. The van der Waals surface area contributed by atoms with Gasteiger partial charge < -0.3 is 10.1 Å². The van der Waals surface area contributed by atoms with E-state index in [9.17, 15) is 9.59 Å². The summed E-state index contributed by atoms with van der Waals surface area (Å²) in [5.41, 5.74) is 1.80. The van der Waals surface area contributed by atoms with Gasteiger partial charge >= 0.3 is 0 Å². The number of nitrogens with zero attached hydrogens (tertiary/aromatic N) is 2. The Kier molecular flexibility index (Phi) is 5.41. The Labute approximate surface area is 170 Å². The van der Waals surface area contributed by atoms with Crippen molar-refractivity contribution in [2.45, 2.75) is 31.3 Å². The molecule has 0 unspecified atom stereocenters. The lowest BCUT2D eigenvalue weighted by Crippen LogP contribution is -2.21. The van der Waals surface area contributed by atoms with Gasteiger partial charge in [-0.05, 0) is 43.9 Å². The van der Waals surface area contributed by atoms with E-state index in [1.807, 2.05) is 25.1 Å². The lowest BCUT2D eigenvalue weighted by Gasteiger charge is -2.11. The molecule has 2 aromatic heterocycles. The number of amides is 1. The number of carbonyl (C=O) groups excluding carboxylic acids is 1. The summed E-state index contributed by atoms with van der Waals surface area (Å²) in [7, 11) is 1.72. The zero-order valence-corrected chi connectivity index (χ0v) is 17.4. The summed E-state index contributed by atoms with van der Waals surface area (Å²) in [6, 6.07) is 7.34. The number of nitrogens with one attached hydrogen (secondary N) is 1. The summed E-state index contributed by atoms with van der Waals surface area (Å²) in [4.78, 5) is 32.0. The fraction of sp³-hybridized carbons (Fsp3) is 0.350. The summed E-state index contributed by atoms with van der Waals surface area (Å²) < 4.78 is 7.09. The summed E-state index contributed by atoms with van der Waals surface area (Å²) in [5, 5.41) is 4.20. The molecule has 146 valence electrons. The molecule has 4 rings (SSSR count). The van der Waals surface area contributed by atoms with Crippen LogP contribution >= 0.6 is 23.1 Å². The molecule has 0 bridgehead atoms. The third-order valence-corrected chi connectivity index (χ3v) is 6.91. The maximum absolute atomic E-state index is 12.8. The fourth-order valence-electron chi connectivity index (χ4n) is 3.40. The van der Waals surface area contributed by atoms with Crippen molar-refractivity contribution in [1.82, 2.24) is 9.55 Å². The Balaban J connectivity index is 1.51. The summed E-state index contributed by atoms with van der Waals surface area (Å²) >= 11 is 2.88. The highest BCUT2D eigenvalue weighted by atomic mass is 32.2. The minimum absolute atomic E-state index is 0.0194. The first-order valence-corrected chi connectivity index (χ1v) is 11.0. The molecular weight excluding hydrogens is 394 g/mol. The van der Waals surface area contributed by atoms with Crippen LogP contribution < -0.4 is 15.6 Å². The molecule has 6 nitrogen and oxygen atoms in total. The molecule has 0 radical (unpaired) electrons. The number of thiophene rings is 1. The van der Waals surface area contributed by atoms with E-state index in [0.29, 0.717) is 23.2 Å². The van der Waals surface area contributed by atoms with Crippen molar-refractivity contribution in [2.75, 3.05) is 17.7 Å². The molecule has 0 saturated carbocycles. The van der Waals surface area contributed by atoms with E-state index in [1.165, 1.54) is 22.2 Å². The maximum Gasteiger partial charge on any atom is 0.262 e. The molecule has 1 aliphatic carbocycles. The van der Waals surface area contributed by atoms with Crippen molar-refractivity contribution >= 4 is 44.9 Å². The second kappa shape index (κ2) is 7.97. The SMILES string of the molecule is CCOc1ccccc1NC(=O)CSc1nc2sc3c(c2c(=O)n1C)CCC3. The average molecular weight is 416 g/mol. The van der Waals surface area contributed by atoms with Gasteiger partial charge in [-0.1, -0.05) is 23.9 Å². The van der Waals surface area contributed by atoms with Gasteiger partial charge in [-0.2, -0.15) is 0 Å². The molecule has 0 atom stereocenters. The standard InChI is InChI=1S/C20H21N3O3S2/c1-3-26-14-9-5-4-8-13(14)21-16(24)11-27-20-22-18-17(19(25)23(20)2)12-7-6-10-15(12)28-18/h4-5,8-9H,3,6-7,10-11H2,1-2H3,(H,21,24). The quantitative estimate of drug-likeness (QED) is 0.492. The summed E-state index contributed by atoms with van der Waals surface area (Å²) in [6.45, 7) is 2.43. The Bertz CT molecular complexity index is 1100. The van der Waals surface area contributed by atoms with Crippen LogP contribution in [0.5, 0.6) is 5.75 Å². The molecule has 28 heavy (non-hydrogen) atoms. The fourth-order valence-corrected chi connectivity index (χ4v) is 5.48. The van der Waals surface area contributed by atoms with Crippen LogP contribution in [-0.4, -0.2) is 27.8 Å². The number of aryl methyl sites for hydroxylation is 2. The third-order valence-electron chi connectivity index (χ3n) is 4.70.